The van der Waals surface area contributed by atoms with Crippen molar-refractivity contribution in [2.45, 2.75) is 0 Å². The van der Waals surface area contributed by atoms with Crippen molar-refractivity contribution < 1.29 is 9.50 Å². The summed E-state index contributed by atoms with van der Waals surface area (Å²) in [6.45, 7) is 0. The normalized spacial score (nSPS) is 11.2. The predicted molar refractivity (Wildman–Crippen MR) is 96.2 cm³/mol. The average molecular weight is 367 g/mol. The smallest absolute Gasteiger partial charge is 0.139 e. The molecule has 112 valence electrons. The van der Waals surface area contributed by atoms with Gasteiger partial charge in [-0.05, 0) is 34.4 Å². The molecular weight excluding hydrogens is 355 g/mol. The van der Waals surface area contributed by atoms with E-state index < -0.39 is 0 Å². The molecular formula is C20H12BrFO. The molecule has 0 atom stereocenters. The fourth-order valence-corrected chi connectivity index (χ4v) is 3.35. The van der Waals surface area contributed by atoms with Crippen LogP contribution in [0.4, 0.5) is 4.39 Å². The zero-order valence-electron chi connectivity index (χ0n) is 12.1. The number of halogens is 2. The van der Waals surface area contributed by atoms with E-state index in [2.05, 4.69) is 15.9 Å². The maximum atomic E-state index is 15.1. The van der Waals surface area contributed by atoms with E-state index in [0.717, 1.165) is 20.6 Å². The minimum atomic E-state index is -0.324. The van der Waals surface area contributed by atoms with Crippen LogP contribution in [0.25, 0.3) is 32.7 Å². The molecule has 0 amide bonds. The fraction of sp³-hybridized carbons (Fsp3) is 0. The molecule has 0 saturated heterocycles. The molecule has 0 radical (unpaired) electrons. The highest BCUT2D eigenvalue weighted by atomic mass is 79.9. The molecule has 0 unspecified atom stereocenters. The van der Waals surface area contributed by atoms with E-state index in [1.54, 1.807) is 18.2 Å². The van der Waals surface area contributed by atoms with Crippen LogP contribution < -0.4 is 0 Å². The summed E-state index contributed by atoms with van der Waals surface area (Å²) in [5, 5.41) is 13.5. The van der Waals surface area contributed by atoms with Gasteiger partial charge in [0, 0.05) is 21.0 Å². The van der Waals surface area contributed by atoms with Gasteiger partial charge in [0.2, 0.25) is 0 Å². The van der Waals surface area contributed by atoms with E-state index in [0.29, 0.717) is 16.5 Å². The highest BCUT2D eigenvalue weighted by Crippen LogP contribution is 2.39. The topological polar surface area (TPSA) is 20.2 Å². The van der Waals surface area contributed by atoms with Gasteiger partial charge in [0.1, 0.15) is 11.6 Å². The highest BCUT2D eigenvalue weighted by molar-refractivity contribution is 9.10. The third-order valence-electron chi connectivity index (χ3n) is 4.09. The minimum Gasteiger partial charge on any atom is -0.507 e. The standard InChI is InChI=1S/C20H12BrFO/c21-14-8-5-13-6-9-16(20(22)17(13)11-14)19-15-4-2-1-3-12(15)7-10-18(19)23/h1-11,23H. The number of aromatic hydroxyl groups is 1. The minimum absolute atomic E-state index is 0.0805. The van der Waals surface area contributed by atoms with Gasteiger partial charge in [-0.15, -0.1) is 0 Å². The van der Waals surface area contributed by atoms with Crippen LogP contribution in [0.1, 0.15) is 0 Å². The third-order valence-corrected chi connectivity index (χ3v) is 4.59. The number of hydrogen-bond acceptors (Lipinski definition) is 1. The van der Waals surface area contributed by atoms with Gasteiger partial charge in [0.25, 0.3) is 0 Å². The summed E-state index contributed by atoms with van der Waals surface area (Å²) >= 11 is 3.39. The molecule has 4 aromatic carbocycles. The summed E-state index contributed by atoms with van der Waals surface area (Å²) < 4.78 is 15.9. The molecule has 0 aliphatic rings. The summed E-state index contributed by atoms with van der Waals surface area (Å²) in [5.74, 6) is -0.243. The second-order valence-electron chi connectivity index (χ2n) is 5.47. The molecule has 0 bridgehead atoms. The van der Waals surface area contributed by atoms with E-state index in [1.165, 1.54) is 0 Å². The van der Waals surface area contributed by atoms with Crippen LogP contribution in [0, 0.1) is 5.82 Å². The van der Waals surface area contributed by atoms with Crippen molar-refractivity contribution in [3.63, 3.8) is 0 Å². The van der Waals surface area contributed by atoms with Crippen molar-refractivity contribution >= 4 is 37.5 Å². The zero-order valence-corrected chi connectivity index (χ0v) is 13.6. The Balaban J connectivity index is 2.11. The molecule has 4 aromatic rings. The fourth-order valence-electron chi connectivity index (χ4n) is 2.99. The summed E-state index contributed by atoms with van der Waals surface area (Å²) in [5.41, 5.74) is 0.937. The molecule has 0 aliphatic carbocycles. The molecule has 0 aliphatic heterocycles. The van der Waals surface area contributed by atoms with Crippen LogP contribution in [-0.4, -0.2) is 5.11 Å². The number of hydrogen-bond donors (Lipinski definition) is 1. The Kier molecular flexibility index (Phi) is 3.31. The number of benzene rings is 4. The third kappa shape index (κ3) is 2.28. The van der Waals surface area contributed by atoms with Crippen LogP contribution in [0.3, 0.4) is 0 Å². The lowest BCUT2D eigenvalue weighted by molar-refractivity contribution is 0.477. The van der Waals surface area contributed by atoms with Gasteiger partial charge in [-0.3, -0.25) is 0 Å². The van der Waals surface area contributed by atoms with Crippen LogP contribution in [-0.2, 0) is 0 Å². The molecule has 23 heavy (non-hydrogen) atoms. The molecule has 1 nitrogen and oxygen atoms in total. The molecule has 3 heteroatoms. The summed E-state index contributed by atoms with van der Waals surface area (Å²) in [7, 11) is 0. The number of phenolic OH excluding ortho intramolecular Hbond substituents is 1. The lowest BCUT2D eigenvalue weighted by Crippen LogP contribution is -1.89. The van der Waals surface area contributed by atoms with E-state index in [1.807, 2.05) is 48.5 Å². The van der Waals surface area contributed by atoms with Gasteiger partial charge < -0.3 is 5.11 Å². The second-order valence-corrected chi connectivity index (χ2v) is 6.39. The average Bonchev–Trinajstić information content (AvgIpc) is 2.56. The predicted octanol–water partition coefficient (Wildman–Crippen LogP) is 6.27. The van der Waals surface area contributed by atoms with Crippen LogP contribution in [0.5, 0.6) is 5.75 Å². The SMILES string of the molecule is Oc1ccc2ccccc2c1-c1ccc2ccc(Br)cc2c1F. The van der Waals surface area contributed by atoms with Crippen molar-refractivity contribution in [1.29, 1.82) is 0 Å². The zero-order chi connectivity index (χ0) is 16.0. The van der Waals surface area contributed by atoms with Gasteiger partial charge in [0.15, 0.2) is 0 Å². The molecule has 0 aromatic heterocycles. The Morgan fingerprint density at radius 3 is 2.35 bits per heavy atom. The van der Waals surface area contributed by atoms with E-state index >= 15 is 4.39 Å². The van der Waals surface area contributed by atoms with Crippen molar-refractivity contribution in [1.82, 2.24) is 0 Å². The Hall–Kier alpha value is -2.39. The molecule has 1 N–H and O–H groups in total. The van der Waals surface area contributed by atoms with Crippen molar-refractivity contribution in [3.05, 3.63) is 77.0 Å². The van der Waals surface area contributed by atoms with Gasteiger partial charge in [0.05, 0.1) is 0 Å². The van der Waals surface area contributed by atoms with Crippen LogP contribution in [0.2, 0.25) is 0 Å². The maximum absolute atomic E-state index is 15.1. The summed E-state index contributed by atoms with van der Waals surface area (Å²) in [6.07, 6.45) is 0. The highest BCUT2D eigenvalue weighted by Gasteiger charge is 2.15. The van der Waals surface area contributed by atoms with Crippen LogP contribution in [0.15, 0.2) is 71.2 Å². The molecule has 0 heterocycles. The first-order chi connectivity index (χ1) is 11.1. The maximum Gasteiger partial charge on any atom is 0.139 e. The number of fused-ring (bicyclic) bond motifs is 2. The monoisotopic (exact) mass is 366 g/mol. The van der Waals surface area contributed by atoms with E-state index in [4.69, 9.17) is 0 Å². The first kappa shape index (κ1) is 14.2. The summed E-state index contributed by atoms with van der Waals surface area (Å²) in [6, 6.07) is 20.2. The van der Waals surface area contributed by atoms with Gasteiger partial charge in [-0.1, -0.05) is 64.5 Å². The quantitative estimate of drug-likeness (QED) is 0.421. The first-order valence-electron chi connectivity index (χ1n) is 7.24. The van der Waals surface area contributed by atoms with Gasteiger partial charge in [-0.2, -0.15) is 0 Å². The molecule has 0 spiro atoms. The van der Waals surface area contributed by atoms with Gasteiger partial charge in [-0.25, -0.2) is 4.39 Å². The lowest BCUT2D eigenvalue weighted by atomic mass is 9.95. The van der Waals surface area contributed by atoms with Crippen molar-refractivity contribution in [2.75, 3.05) is 0 Å². The molecule has 0 saturated carbocycles. The van der Waals surface area contributed by atoms with Crippen molar-refractivity contribution in [2.24, 2.45) is 0 Å². The van der Waals surface area contributed by atoms with E-state index in [-0.39, 0.29) is 11.6 Å². The Morgan fingerprint density at radius 1 is 0.783 bits per heavy atom. The van der Waals surface area contributed by atoms with Gasteiger partial charge >= 0.3 is 0 Å². The largest absolute Gasteiger partial charge is 0.507 e. The number of rotatable bonds is 1. The second kappa shape index (κ2) is 5.36. The molecule has 4 rings (SSSR count). The number of phenols is 1. The Labute approximate surface area is 141 Å². The van der Waals surface area contributed by atoms with E-state index in [9.17, 15) is 5.11 Å². The van der Waals surface area contributed by atoms with Crippen molar-refractivity contribution in [3.8, 4) is 16.9 Å². The lowest BCUT2D eigenvalue weighted by Gasteiger charge is -2.12. The Morgan fingerprint density at radius 2 is 1.48 bits per heavy atom. The summed E-state index contributed by atoms with van der Waals surface area (Å²) in [4.78, 5) is 0. The first-order valence-corrected chi connectivity index (χ1v) is 8.03. The Bertz CT molecular complexity index is 1060. The molecule has 0 fully saturated rings. The van der Waals surface area contributed by atoms with Crippen LogP contribution >= 0.6 is 15.9 Å².